The van der Waals surface area contributed by atoms with Crippen molar-refractivity contribution >= 4 is 28.3 Å². The minimum atomic E-state index is 0.420. The van der Waals surface area contributed by atoms with Gasteiger partial charge in [0.15, 0.2) is 0 Å². The van der Waals surface area contributed by atoms with Gasteiger partial charge < -0.3 is 5.32 Å². The van der Waals surface area contributed by atoms with Crippen LogP contribution in [-0.2, 0) is 0 Å². The molecule has 1 aromatic rings. The van der Waals surface area contributed by atoms with E-state index in [-0.39, 0.29) is 0 Å². The second kappa shape index (κ2) is 4.37. The van der Waals surface area contributed by atoms with Crippen molar-refractivity contribution in [2.75, 3.05) is 5.32 Å². The SMILES string of the molecule is Cc1ccc(NC2C(C)(C)[C@H]3CC[C@]2(C)C3)cc1I. The van der Waals surface area contributed by atoms with Gasteiger partial charge in [-0.3, -0.25) is 0 Å². The normalized spacial score (nSPS) is 35.6. The third-order valence-corrected chi connectivity index (χ3v) is 6.91. The third-order valence-electron chi connectivity index (χ3n) is 5.75. The Bertz CT molecular complexity index is 503. The van der Waals surface area contributed by atoms with E-state index in [1.807, 2.05) is 0 Å². The number of fused-ring (bicyclic) bond motifs is 2. The zero-order valence-corrected chi connectivity index (χ0v) is 14.5. The molecule has 0 heterocycles. The van der Waals surface area contributed by atoms with Crippen molar-refractivity contribution in [2.45, 2.75) is 53.0 Å². The predicted octanol–water partition coefficient (Wildman–Crippen LogP) is 5.23. The molecule has 3 rings (SSSR count). The van der Waals surface area contributed by atoms with Crippen LogP contribution in [0.2, 0.25) is 0 Å². The first-order valence-electron chi connectivity index (χ1n) is 7.36. The molecule has 0 saturated heterocycles. The van der Waals surface area contributed by atoms with Gasteiger partial charge in [0.2, 0.25) is 0 Å². The smallest absolute Gasteiger partial charge is 0.0368 e. The van der Waals surface area contributed by atoms with Crippen molar-refractivity contribution in [2.24, 2.45) is 16.7 Å². The summed E-state index contributed by atoms with van der Waals surface area (Å²) in [5, 5.41) is 3.87. The maximum absolute atomic E-state index is 3.87. The van der Waals surface area contributed by atoms with Gasteiger partial charge in [-0.15, -0.1) is 0 Å². The van der Waals surface area contributed by atoms with E-state index >= 15 is 0 Å². The van der Waals surface area contributed by atoms with Crippen molar-refractivity contribution in [1.82, 2.24) is 0 Å². The van der Waals surface area contributed by atoms with Gasteiger partial charge in [0, 0.05) is 15.3 Å². The van der Waals surface area contributed by atoms with E-state index in [0.717, 1.165) is 5.92 Å². The average Bonchev–Trinajstić information content (AvgIpc) is 2.80. The lowest BCUT2D eigenvalue weighted by Gasteiger charge is -2.43. The fraction of sp³-hybridized carbons (Fsp3) is 0.647. The van der Waals surface area contributed by atoms with Gasteiger partial charge in [-0.1, -0.05) is 26.8 Å². The first-order chi connectivity index (χ1) is 8.83. The molecule has 2 aliphatic rings. The Kier molecular flexibility index (Phi) is 3.16. The highest BCUT2D eigenvalue weighted by atomic mass is 127. The fourth-order valence-corrected chi connectivity index (χ4v) is 5.03. The summed E-state index contributed by atoms with van der Waals surface area (Å²) in [6.45, 7) is 9.57. The van der Waals surface area contributed by atoms with Crippen LogP contribution in [0.3, 0.4) is 0 Å². The van der Waals surface area contributed by atoms with Crippen molar-refractivity contribution in [3.05, 3.63) is 27.3 Å². The second-order valence-corrected chi connectivity index (χ2v) is 8.62. The summed E-state index contributed by atoms with van der Waals surface area (Å²) in [5.74, 6) is 0.902. The minimum absolute atomic E-state index is 0.420. The summed E-state index contributed by atoms with van der Waals surface area (Å²) < 4.78 is 1.36. The van der Waals surface area contributed by atoms with E-state index in [1.54, 1.807) is 0 Å². The van der Waals surface area contributed by atoms with Crippen LogP contribution in [0.15, 0.2) is 18.2 Å². The molecule has 104 valence electrons. The lowest BCUT2D eigenvalue weighted by molar-refractivity contribution is 0.155. The van der Waals surface area contributed by atoms with Crippen LogP contribution in [-0.4, -0.2) is 6.04 Å². The zero-order valence-electron chi connectivity index (χ0n) is 12.4. The topological polar surface area (TPSA) is 12.0 Å². The maximum Gasteiger partial charge on any atom is 0.0368 e. The molecule has 19 heavy (non-hydrogen) atoms. The van der Waals surface area contributed by atoms with Crippen LogP contribution in [0, 0.1) is 27.2 Å². The Balaban J connectivity index is 1.88. The molecule has 2 fully saturated rings. The van der Waals surface area contributed by atoms with Gasteiger partial charge in [0.1, 0.15) is 0 Å². The predicted molar refractivity (Wildman–Crippen MR) is 90.5 cm³/mol. The van der Waals surface area contributed by atoms with Crippen LogP contribution < -0.4 is 5.32 Å². The molecule has 0 spiro atoms. The molecule has 3 atom stereocenters. The molecule has 2 heteroatoms. The van der Waals surface area contributed by atoms with E-state index in [0.29, 0.717) is 16.9 Å². The average molecular weight is 369 g/mol. The van der Waals surface area contributed by atoms with Crippen molar-refractivity contribution in [3.63, 3.8) is 0 Å². The fourth-order valence-electron chi connectivity index (χ4n) is 4.51. The van der Waals surface area contributed by atoms with Crippen LogP contribution >= 0.6 is 22.6 Å². The molecule has 1 unspecified atom stereocenters. The van der Waals surface area contributed by atoms with Crippen molar-refractivity contribution < 1.29 is 0 Å². The van der Waals surface area contributed by atoms with Crippen LogP contribution in [0.5, 0.6) is 0 Å². The summed E-state index contributed by atoms with van der Waals surface area (Å²) in [4.78, 5) is 0. The second-order valence-electron chi connectivity index (χ2n) is 7.46. The molecule has 2 bridgehead atoms. The Morgan fingerprint density at radius 3 is 2.58 bits per heavy atom. The number of rotatable bonds is 2. The number of hydrogen-bond acceptors (Lipinski definition) is 1. The molecular weight excluding hydrogens is 345 g/mol. The lowest BCUT2D eigenvalue weighted by Crippen LogP contribution is -2.45. The zero-order chi connectivity index (χ0) is 13.8. The lowest BCUT2D eigenvalue weighted by atomic mass is 9.68. The van der Waals surface area contributed by atoms with Crippen LogP contribution in [0.1, 0.15) is 45.6 Å². The van der Waals surface area contributed by atoms with E-state index in [1.165, 1.54) is 34.1 Å². The van der Waals surface area contributed by atoms with Crippen LogP contribution in [0.4, 0.5) is 5.69 Å². The first-order valence-corrected chi connectivity index (χ1v) is 8.43. The molecule has 0 aliphatic heterocycles. The van der Waals surface area contributed by atoms with E-state index in [9.17, 15) is 0 Å². The molecule has 2 aliphatic carbocycles. The number of halogens is 1. The standard InChI is InChI=1S/C17H24IN/c1-11-5-6-13(9-14(11)18)19-15-16(2,3)12-7-8-17(15,4)10-12/h5-6,9,12,15,19H,7-8,10H2,1-4H3/t12-,15?,17+/m0/s1. The van der Waals surface area contributed by atoms with Crippen molar-refractivity contribution in [3.8, 4) is 0 Å². The third kappa shape index (κ3) is 2.10. The highest BCUT2D eigenvalue weighted by Gasteiger charge is 2.59. The van der Waals surface area contributed by atoms with Gasteiger partial charge in [0.05, 0.1) is 0 Å². The molecular formula is C17H24IN. The van der Waals surface area contributed by atoms with Crippen molar-refractivity contribution in [1.29, 1.82) is 0 Å². The number of nitrogens with one attached hydrogen (secondary N) is 1. The Morgan fingerprint density at radius 2 is 2.00 bits per heavy atom. The van der Waals surface area contributed by atoms with Gasteiger partial charge in [-0.25, -0.2) is 0 Å². The first kappa shape index (κ1) is 13.7. The molecule has 1 nitrogen and oxygen atoms in total. The van der Waals surface area contributed by atoms with Crippen LogP contribution in [0.25, 0.3) is 0 Å². The van der Waals surface area contributed by atoms with Gasteiger partial charge >= 0.3 is 0 Å². The number of benzene rings is 1. The van der Waals surface area contributed by atoms with E-state index in [2.05, 4.69) is 73.8 Å². The highest BCUT2D eigenvalue weighted by Crippen LogP contribution is 2.63. The molecule has 1 N–H and O–H groups in total. The van der Waals surface area contributed by atoms with Gasteiger partial charge in [-0.2, -0.15) is 0 Å². The summed E-state index contributed by atoms with van der Waals surface area (Å²) in [6.07, 6.45) is 4.22. The Morgan fingerprint density at radius 1 is 1.26 bits per heavy atom. The minimum Gasteiger partial charge on any atom is -0.381 e. The molecule has 0 amide bonds. The highest BCUT2D eigenvalue weighted by molar-refractivity contribution is 14.1. The molecule has 1 aromatic carbocycles. The Labute approximate surface area is 130 Å². The number of anilines is 1. The molecule has 0 radical (unpaired) electrons. The summed E-state index contributed by atoms with van der Waals surface area (Å²) in [5.41, 5.74) is 3.57. The van der Waals surface area contributed by atoms with Gasteiger partial charge in [0.25, 0.3) is 0 Å². The van der Waals surface area contributed by atoms with E-state index < -0.39 is 0 Å². The summed E-state index contributed by atoms with van der Waals surface area (Å²) in [7, 11) is 0. The largest absolute Gasteiger partial charge is 0.381 e. The monoisotopic (exact) mass is 369 g/mol. The maximum atomic E-state index is 3.87. The summed E-state index contributed by atoms with van der Waals surface area (Å²) in [6, 6.07) is 7.37. The summed E-state index contributed by atoms with van der Waals surface area (Å²) >= 11 is 2.43. The van der Waals surface area contributed by atoms with Gasteiger partial charge in [-0.05, 0) is 83.2 Å². The molecule has 2 saturated carbocycles. The quantitative estimate of drug-likeness (QED) is 0.705. The number of hydrogen-bond donors (Lipinski definition) is 1. The number of aryl methyl sites for hydroxylation is 1. The molecule has 0 aromatic heterocycles. The Hall–Kier alpha value is -0.250. The van der Waals surface area contributed by atoms with E-state index in [4.69, 9.17) is 0 Å².